The molecule has 0 radical (unpaired) electrons. The minimum absolute atomic E-state index is 0.343. The summed E-state index contributed by atoms with van der Waals surface area (Å²) < 4.78 is 6.56. The summed E-state index contributed by atoms with van der Waals surface area (Å²) in [6.07, 6.45) is 1.06. The van der Waals surface area contributed by atoms with Crippen molar-refractivity contribution in [3.63, 3.8) is 0 Å². The van der Waals surface area contributed by atoms with Gasteiger partial charge in [-0.1, -0.05) is 12.1 Å². The van der Waals surface area contributed by atoms with Crippen LogP contribution in [0, 0.1) is 0 Å². The number of methoxy groups -OCH3 is 1. The maximum Gasteiger partial charge on any atom is 0.342 e. The third-order valence-corrected chi connectivity index (χ3v) is 3.11. The van der Waals surface area contributed by atoms with E-state index >= 15 is 0 Å². The van der Waals surface area contributed by atoms with E-state index in [1.807, 2.05) is 6.07 Å². The quantitative estimate of drug-likeness (QED) is 0.714. The number of fused-ring (bicyclic) bond motifs is 3. The Morgan fingerprint density at radius 2 is 2.10 bits per heavy atom. The molecule has 3 rings (SSSR count). The van der Waals surface area contributed by atoms with Gasteiger partial charge in [0, 0.05) is 17.6 Å². The summed E-state index contributed by atoms with van der Waals surface area (Å²) >= 11 is 0. The van der Waals surface area contributed by atoms with Crippen LogP contribution >= 0.6 is 0 Å². The van der Waals surface area contributed by atoms with Gasteiger partial charge in [-0.25, -0.2) is 9.78 Å². The van der Waals surface area contributed by atoms with Crippen molar-refractivity contribution in [2.75, 3.05) is 7.11 Å². The largest absolute Gasteiger partial charge is 0.496 e. The lowest BCUT2D eigenvalue weighted by Crippen LogP contribution is -2.23. The molecule has 0 saturated heterocycles. The Hall–Kier alpha value is -2.89. The highest BCUT2D eigenvalue weighted by atomic mass is 16.5. The molecule has 0 bridgehead atoms. The average molecular weight is 270 g/mol. The Kier molecular flexibility index (Phi) is 2.64. The third-order valence-electron chi connectivity index (χ3n) is 3.11. The van der Waals surface area contributed by atoms with Crippen molar-refractivity contribution in [1.82, 2.24) is 9.38 Å². The summed E-state index contributed by atoms with van der Waals surface area (Å²) in [7, 11) is 1.53. The van der Waals surface area contributed by atoms with Crippen LogP contribution in [0.5, 0.6) is 5.75 Å². The number of carboxylic acid groups (broad SMARTS) is 1. The van der Waals surface area contributed by atoms with Gasteiger partial charge in [-0.2, -0.15) is 0 Å². The number of carbonyl (C=O) groups is 1. The Labute approximate surface area is 112 Å². The van der Waals surface area contributed by atoms with Gasteiger partial charge >= 0.3 is 5.97 Å². The van der Waals surface area contributed by atoms with Crippen LogP contribution < -0.4 is 10.3 Å². The van der Waals surface area contributed by atoms with Gasteiger partial charge in [-0.3, -0.25) is 9.20 Å². The first-order valence-electron chi connectivity index (χ1n) is 5.84. The highest BCUT2D eigenvalue weighted by Gasteiger charge is 2.15. The Morgan fingerprint density at radius 1 is 1.35 bits per heavy atom. The molecule has 1 aromatic carbocycles. The third kappa shape index (κ3) is 1.62. The standard InChI is InChI=1S/C14H10N2O4/c1-20-11-6-12-15-7-9(14(18)19)13(17)16(12)10-5-3-2-4-8(10)11/h2-7H,1H3,(H,18,19). The maximum atomic E-state index is 12.3. The lowest BCUT2D eigenvalue weighted by Gasteiger charge is -2.10. The highest BCUT2D eigenvalue weighted by Crippen LogP contribution is 2.26. The first kappa shape index (κ1) is 12.2. The van der Waals surface area contributed by atoms with E-state index in [1.165, 1.54) is 11.5 Å². The van der Waals surface area contributed by atoms with Crippen molar-refractivity contribution in [1.29, 1.82) is 0 Å². The number of hydrogen-bond acceptors (Lipinski definition) is 4. The number of benzene rings is 1. The topological polar surface area (TPSA) is 80.9 Å². The molecule has 6 heteroatoms. The van der Waals surface area contributed by atoms with Gasteiger partial charge in [0.2, 0.25) is 0 Å². The molecule has 20 heavy (non-hydrogen) atoms. The van der Waals surface area contributed by atoms with Gasteiger partial charge in [0.15, 0.2) is 0 Å². The molecule has 0 atom stereocenters. The monoisotopic (exact) mass is 270 g/mol. The number of para-hydroxylation sites is 1. The van der Waals surface area contributed by atoms with Gasteiger partial charge in [0.25, 0.3) is 5.56 Å². The molecule has 0 fully saturated rings. The van der Waals surface area contributed by atoms with E-state index in [9.17, 15) is 9.59 Å². The van der Waals surface area contributed by atoms with Crippen LogP contribution in [0.25, 0.3) is 16.6 Å². The van der Waals surface area contributed by atoms with E-state index in [0.29, 0.717) is 22.3 Å². The molecule has 0 aliphatic heterocycles. The number of nitrogens with zero attached hydrogens (tertiary/aromatic N) is 2. The Morgan fingerprint density at radius 3 is 2.80 bits per heavy atom. The lowest BCUT2D eigenvalue weighted by atomic mass is 10.2. The summed E-state index contributed by atoms with van der Waals surface area (Å²) in [5.74, 6) is -0.715. The van der Waals surface area contributed by atoms with E-state index in [4.69, 9.17) is 9.84 Å². The second kappa shape index (κ2) is 4.34. The smallest absolute Gasteiger partial charge is 0.342 e. The number of ether oxygens (including phenoxy) is 1. The van der Waals surface area contributed by atoms with E-state index in [1.54, 1.807) is 24.3 Å². The van der Waals surface area contributed by atoms with Gasteiger partial charge in [-0.15, -0.1) is 0 Å². The zero-order chi connectivity index (χ0) is 14.3. The van der Waals surface area contributed by atoms with Crippen LogP contribution in [0.15, 0.2) is 41.3 Å². The average Bonchev–Trinajstić information content (AvgIpc) is 2.46. The minimum atomic E-state index is -1.29. The molecule has 0 unspecified atom stereocenters. The predicted octanol–water partition coefficient (Wildman–Crippen LogP) is 1.55. The number of pyridine rings is 1. The summed E-state index contributed by atoms with van der Waals surface area (Å²) in [6, 6.07) is 8.71. The van der Waals surface area contributed by atoms with Crippen molar-refractivity contribution in [2.24, 2.45) is 0 Å². The van der Waals surface area contributed by atoms with Crippen LogP contribution in [-0.2, 0) is 0 Å². The molecular weight excluding hydrogens is 260 g/mol. The summed E-state index contributed by atoms with van der Waals surface area (Å²) in [5.41, 5.74) is -0.0721. The highest BCUT2D eigenvalue weighted by molar-refractivity contribution is 5.90. The molecule has 0 aliphatic carbocycles. The molecule has 0 spiro atoms. The Balaban J connectivity index is 2.59. The van der Waals surface area contributed by atoms with Crippen molar-refractivity contribution in [3.05, 3.63) is 52.4 Å². The zero-order valence-corrected chi connectivity index (χ0v) is 10.5. The van der Waals surface area contributed by atoms with Gasteiger partial charge < -0.3 is 9.84 Å². The van der Waals surface area contributed by atoms with Crippen LogP contribution in [0.1, 0.15) is 10.4 Å². The van der Waals surface area contributed by atoms with Crippen molar-refractivity contribution in [3.8, 4) is 5.75 Å². The van der Waals surface area contributed by atoms with E-state index in [-0.39, 0.29) is 5.56 Å². The molecule has 1 N–H and O–H groups in total. The summed E-state index contributed by atoms with van der Waals surface area (Å²) in [5, 5.41) is 9.74. The van der Waals surface area contributed by atoms with Crippen LogP contribution in [0.2, 0.25) is 0 Å². The van der Waals surface area contributed by atoms with Crippen LogP contribution in [0.4, 0.5) is 0 Å². The lowest BCUT2D eigenvalue weighted by molar-refractivity contribution is 0.0694. The van der Waals surface area contributed by atoms with Crippen molar-refractivity contribution >= 4 is 22.5 Å². The molecule has 0 aliphatic rings. The predicted molar refractivity (Wildman–Crippen MR) is 72.5 cm³/mol. The second-order valence-corrected chi connectivity index (χ2v) is 4.21. The number of carboxylic acids is 1. The summed E-state index contributed by atoms with van der Waals surface area (Å²) in [4.78, 5) is 27.4. The number of aromatic carboxylic acids is 1. The SMILES string of the molecule is COc1cc2ncc(C(=O)O)c(=O)n2c2ccccc12. The van der Waals surface area contributed by atoms with E-state index in [2.05, 4.69) is 4.98 Å². The van der Waals surface area contributed by atoms with Crippen molar-refractivity contribution < 1.29 is 14.6 Å². The van der Waals surface area contributed by atoms with Crippen LogP contribution in [0.3, 0.4) is 0 Å². The fourth-order valence-electron chi connectivity index (χ4n) is 2.19. The molecule has 2 heterocycles. The number of hydrogen-bond donors (Lipinski definition) is 1. The van der Waals surface area contributed by atoms with Gasteiger partial charge in [-0.05, 0) is 12.1 Å². The normalized spacial score (nSPS) is 10.8. The van der Waals surface area contributed by atoms with E-state index in [0.717, 1.165) is 6.20 Å². The molecule has 3 aromatic rings. The summed E-state index contributed by atoms with van der Waals surface area (Å²) in [6.45, 7) is 0. The molecule has 100 valence electrons. The minimum Gasteiger partial charge on any atom is -0.496 e. The number of rotatable bonds is 2. The first-order valence-corrected chi connectivity index (χ1v) is 5.84. The van der Waals surface area contributed by atoms with Crippen molar-refractivity contribution in [2.45, 2.75) is 0 Å². The van der Waals surface area contributed by atoms with E-state index < -0.39 is 11.5 Å². The van der Waals surface area contributed by atoms with Gasteiger partial charge in [0.1, 0.15) is 17.0 Å². The molecule has 0 amide bonds. The molecule has 2 aromatic heterocycles. The fourth-order valence-corrected chi connectivity index (χ4v) is 2.19. The van der Waals surface area contributed by atoms with Gasteiger partial charge in [0.05, 0.1) is 12.6 Å². The fraction of sp³-hybridized carbons (Fsp3) is 0.0714. The zero-order valence-electron chi connectivity index (χ0n) is 10.5. The number of aromatic nitrogens is 2. The molecular formula is C14H10N2O4. The molecule has 6 nitrogen and oxygen atoms in total. The second-order valence-electron chi connectivity index (χ2n) is 4.21. The maximum absolute atomic E-state index is 12.3. The Bertz CT molecular complexity index is 899. The first-order chi connectivity index (χ1) is 9.63. The van der Waals surface area contributed by atoms with Crippen LogP contribution in [-0.4, -0.2) is 27.6 Å². The molecule has 0 saturated carbocycles.